The van der Waals surface area contributed by atoms with Crippen LogP contribution in [0.15, 0.2) is 127 Å². The number of fused-ring (bicyclic) bond motifs is 1. The average Bonchev–Trinajstić information content (AvgIpc) is 3.40. The number of aliphatic hydroxyl groups is 1. The molecule has 5 aromatic rings. The summed E-state index contributed by atoms with van der Waals surface area (Å²) < 4.78 is 0. The fraction of sp³-hybridized carbons (Fsp3) is 0.315. The van der Waals surface area contributed by atoms with Crippen molar-refractivity contribution in [3.05, 3.63) is 180 Å². The molecule has 2 atom stereocenters. The predicted octanol–water partition coefficient (Wildman–Crippen LogP) is 5.23. The van der Waals surface area contributed by atoms with Crippen molar-refractivity contribution in [1.29, 1.82) is 0 Å². The number of hydrogen-bond acceptors (Lipinski definition) is 14. The maximum absolute atomic E-state index is 14.5. The molecule has 1 fully saturated rings. The first-order chi connectivity index (χ1) is 35.8. The number of amides is 4. The molecule has 5 N–H and O–H groups in total. The van der Waals surface area contributed by atoms with Crippen molar-refractivity contribution in [1.82, 2.24) is 35.7 Å². The summed E-state index contributed by atoms with van der Waals surface area (Å²) in [5, 5.41) is 44.6. The molecule has 1 aromatic heterocycles. The Bertz CT molecular complexity index is 2800. The summed E-state index contributed by atoms with van der Waals surface area (Å²) in [5.74, 6) is -1.61. The summed E-state index contributed by atoms with van der Waals surface area (Å²) in [5.41, 5.74) is 4.64. The predicted molar refractivity (Wildman–Crippen MR) is 276 cm³/mol. The molecule has 3 heterocycles. The standard InChI is InChI=1S/C54H58N10O10/c65-46(35-61-25-23-40-12-7-8-13-41(40)32-61)30-57-53(69)47-29-49(59-36-58-47)56-31-51(67)55-24-9-2-1-6-14-50(66)60-48(28-37-10-4-3-5-11-37)54(70)62-33-42(26-38-15-19-44(20-16-38)63(71)72)52(68)43(34-62)27-39-17-21-45(22-18-39)64(73)74/h3-5,7-8,10-13,15-22,26-27,29,36,46,48,65H,1-2,6,9,14,23-25,28,30-35H2,(H,55,67)(H,57,69)(H,60,66)(H,56,58,59)/b42-26+,43-27+/t46-,48+/m1/s1. The average molecular weight is 1010 g/mol. The second kappa shape index (κ2) is 26.3. The lowest BCUT2D eigenvalue weighted by Crippen LogP contribution is -2.52. The van der Waals surface area contributed by atoms with Crippen molar-refractivity contribution in [2.75, 3.05) is 51.1 Å². The number of Topliss-reactive ketones (excluding diaryl/α,β-unsaturated/α-hetero) is 1. The molecule has 1 saturated heterocycles. The van der Waals surface area contributed by atoms with Crippen molar-refractivity contribution < 1.29 is 38.9 Å². The number of nitrogens with zero attached hydrogens (tertiary/aromatic N) is 6. The highest BCUT2D eigenvalue weighted by molar-refractivity contribution is 6.15. The van der Waals surface area contributed by atoms with Crippen LogP contribution in [0, 0.1) is 20.2 Å². The van der Waals surface area contributed by atoms with E-state index in [0.717, 1.165) is 25.1 Å². The van der Waals surface area contributed by atoms with Gasteiger partial charge in [0.25, 0.3) is 17.3 Å². The lowest BCUT2D eigenvalue weighted by atomic mass is 9.93. The summed E-state index contributed by atoms with van der Waals surface area (Å²) in [7, 11) is 0. The van der Waals surface area contributed by atoms with Crippen LogP contribution in [0.2, 0.25) is 0 Å². The number of anilines is 1. The van der Waals surface area contributed by atoms with Crippen molar-refractivity contribution >= 4 is 58.8 Å². The maximum atomic E-state index is 14.5. The molecule has 0 bridgehead atoms. The molecule has 0 unspecified atom stereocenters. The number of aliphatic hydroxyl groups excluding tert-OH is 1. The van der Waals surface area contributed by atoms with Crippen LogP contribution in [0.3, 0.4) is 0 Å². The summed E-state index contributed by atoms with van der Waals surface area (Å²) in [6.07, 6.45) is 7.35. The third-order valence-electron chi connectivity index (χ3n) is 12.6. The zero-order chi connectivity index (χ0) is 52.4. The van der Waals surface area contributed by atoms with Crippen LogP contribution in [-0.2, 0) is 38.6 Å². The van der Waals surface area contributed by atoms with E-state index in [0.29, 0.717) is 49.9 Å². The van der Waals surface area contributed by atoms with Gasteiger partial charge in [0.2, 0.25) is 17.7 Å². The van der Waals surface area contributed by atoms with Crippen molar-refractivity contribution in [2.45, 2.75) is 63.6 Å². The summed E-state index contributed by atoms with van der Waals surface area (Å²) >= 11 is 0. The summed E-state index contributed by atoms with van der Waals surface area (Å²) in [6, 6.07) is 29.1. The maximum Gasteiger partial charge on any atom is 0.270 e. The fourth-order valence-corrected chi connectivity index (χ4v) is 8.70. The van der Waals surface area contributed by atoms with Gasteiger partial charge in [0.05, 0.1) is 22.5 Å². The molecule has 2 aliphatic heterocycles. The molecule has 4 aromatic carbocycles. The van der Waals surface area contributed by atoms with Crippen LogP contribution in [0.5, 0.6) is 0 Å². The van der Waals surface area contributed by atoms with E-state index in [4.69, 9.17) is 0 Å². The number of piperidine rings is 1. The lowest BCUT2D eigenvalue weighted by Gasteiger charge is -2.33. The van der Waals surface area contributed by atoms with Gasteiger partial charge in [-0.1, -0.05) is 67.4 Å². The minimum absolute atomic E-state index is 0.0480. The van der Waals surface area contributed by atoms with E-state index >= 15 is 0 Å². The van der Waals surface area contributed by atoms with Gasteiger partial charge in [-0.15, -0.1) is 0 Å². The highest BCUT2D eigenvalue weighted by atomic mass is 16.6. The number of non-ortho nitro benzene ring substituents is 2. The van der Waals surface area contributed by atoms with Crippen molar-refractivity contribution in [3.8, 4) is 0 Å². The molecule has 0 saturated carbocycles. The molecular weight excluding hydrogens is 949 g/mol. The van der Waals surface area contributed by atoms with Gasteiger partial charge in [0, 0.05) is 100 Å². The van der Waals surface area contributed by atoms with Gasteiger partial charge in [0.1, 0.15) is 23.9 Å². The Hall–Kier alpha value is -8.49. The Labute approximate surface area is 427 Å². The Morgan fingerprint density at radius 3 is 2.00 bits per heavy atom. The third-order valence-corrected chi connectivity index (χ3v) is 12.6. The van der Waals surface area contributed by atoms with Crippen molar-refractivity contribution in [2.24, 2.45) is 0 Å². The molecule has 2 aliphatic rings. The number of hydrogen-bond donors (Lipinski definition) is 5. The number of carbonyl (C=O) groups excluding carboxylic acids is 5. The topological polar surface area (TPSA) is 272 Å². The van der Waals surface area contributed by atoms with Crippen LogP contribution in [0.4, 0.5) is 17.2 Å². The molecule has 384 valence electrons. The number of aromatic nitrogens is 2. The molecule has 0 spiro atoms. The first-order valence-electron chi connectivity index (χ1n) is 24.4. The van der Waals surface area contributed by atoms with Crippen LogP contribution in [0.1, 0.15) is 70.4 Å². The SMILES string of the molecule is O=C(CNc1cc(C(=O)NC[C@@H](O)CN2CCc3ccccc3C2)ncn1)NCCCCCCC(=O)N[C@@H](Cc1ccccc1)C(=O)N1C/C(=C\c2ccc([N+](=O)[O-])cc2)C(=O)/C(=C/c2ccc([N+](=O)[O-])cc2)C1. The number of unbranched alkanes of at least 4 members (excludes halogenated alkanes) is 3. The second-order valence-corrected chi connectivity index (χ2v) is 18.1. The Balaban J connectivity index is 0.860. The molecular formula is C54H58N10O10. The highest BCUT2D eigenvalue weighted by Gasteiger charge is 2.34. The second-order valence-electron chi connectivity index (χ2n) is 18.1. The number of β-amino-alcohol motifs (C(OH)–C–C–N with tert-alkyl or cyclic N) is 1. The van der Waals surface area contributed by atoms with Gasteiger partial charge >= 0.3 is 0 Å². The number of nitrogens with one attached hydrogen (secondary N) is 4. The van der Waals surface area contributed by atoms with Gasteiger partial charge in [0.15, 0.2) is 5.78 Å². The molecule has 0 aliphatic carbocycles. The minimum Gasteiger partial charge on any atom is -0.390 e. The highest BCUT2D eigenvalue weighted by Crippen LogP contribution is 2.26. The van der Waals surface area contributed by atoms with E-state index in [1.807, 2.05) is 42.5 Å². The number of nitro benzene ring substituents is 2. The Morgan fingerprint density at radius 2 is 1.35 bits per heavy atom. The lowest BCUT2D eigenvalue weighted by molar-refractivity contribution is -0.385. The van der Waals surface area contributed by atoms with Gasteiger partial charge in [-0.25, -0.2) is 9.97 Å². The minimum atomic E-state index is -0.998. The quantitative estimate of drug-likeness (QED) is 0.0243. The largest absolute Gasteiger partial charge is 0.390 e. The molecule has 74 heavy (non-hydrogen) atoms. The van der Waals surface area contributed by atoms with E-state index in [1.54, 1.807) is 12.2 Å². The zero-order valence-electron chi connectivity index (χ0n) is 40.7. The summed E-state index contributed by atoms with van der Waals surface area (Å²) in [4.78, 5) is 101. The van der Waals surface area contributed by atoms with Crippen LogP contribution >= 0.6 is 0 Å². The van der Waals surface area contributed by atoms with E-state index < -0.39 is 33.8 Å². The van der Waals surface area contributed by atoms with E-state index in [1.165, 1.54) is 77.0 Å². The molecule has 7 rings (SSSR count). The monoisotopic (exact) mass is 1010 g/mol. The Kier molecular flexibility index (Phi) is 18.9. The number of carbonyl (C=O) groups is 5. The number of ketones is 1. The first kappa shape index (κ1) is 53.3. The van der Waals surface area contributed by atoms with Gasteiger partial charge in [-0.2, -0.15) is 0 Å². The van der Waals surface area contributed by atoms with E-state index in [-0.39, 0.29) is 90.7 Å². The summed E-state index contributed by atoms with van der Waals surface area (Å²) in [6.45, 7) is 2.11. The molecule has 0 radical (unpaired) electrons. The number of nitro groups is 2. The van der Waals surface area contributed by atoms with Crippen molar-refractivity contribution in [3.63, 3.8) is 0 Å². The number of likely N-dealkylation sites (tertiary alicyclic amines) is 1. The molecule has 20 nitrogen and oxygen atoms in total. The van der Waals surface area contributed by atoms with Gasteiger partial charge in [-0.05, 0) is 83.5 Å². The zero-order valence-corrected chi connectivity index (χ0v) is 40.7. The van der Waals surface area contributed by atoms with Gasteiger partial charge < -0.3 is 31.3 Å². The smallest absolute Gasteiger partial charge is 0.270 e. The van der Waals surface area contributed by atoms with Crippen LogP contribution in [-0.4, -0.2) is 122 Å². The number of benzene rings is 4. The normalized spacial score (nSPS) is 15.4. The Morgan fingerprint density at radius 1 is 0.730 bits per heavy atom. The number of rotatable bonds is 23. The fourth-order valence-electron chi connectivity index (χ4n) is 8.70. The first-order valence-corrected chi connectivity index (χ1v) is 24.4. The third kappa shape index (κ3) is 15.8. The van der Waals surface area contributed by atoms with E-state index in [2.05, 4.69) is 48.3 Å². The van der Waals surface area contributed by atoms with Crippen LogP contribution < -0.4 is 21.3 Å². The van der Waals surface area contributed by atoms with Crippen LogP contribution in [0.25, 0.3) is 12.2 Å². The van der Waals surface area contributed by atoms with E-state index in [9.17, 15) is 49.3 Å². The molecule has 20 heteroatoms. The van der Waals surface area contributed by atoms with Gasteiger partial charge in [-0.3, -0.25) is 49.1 Å². The molecule has 4 amide bonds.